The van der Waals surface area contributed by atoms with Crippen LogP contribution in [-0.4, -0.2) is 65.4 Å². The number of nitro groups is 1. The first-order chi connectivity index (χ1) is 19.8. The minimum atomic E-state index is -4.85. The number of halogens is 6. The van der Waals surface area contributed by atoms with Gasteiger partial charge in [-0.25, -0.2) is 0 Å². The molecule has 4 rings (SSSR count). The summed E-state index contributed by atoms with van der Waals surface area (Å²) in [5.74, 6) is 0.0296. The van der Waals surface area contributed by atoms with Crippen molar-refractivity contribution in [3.8, 4) is 0 Å². The van der Waals surface area contributed by atoms with Crippen molar-refractivity contribution < 1.29 is 36.1 Å². The summed E-state index contributed by atoms with van der Waals surface area (Å²) in [6, 6.07) is 7.90. The van der Waals surface area contributed by atoms with Crippen LogP contribution in [0.1, 0.15) is 49.7 Å². The Balaban J connectivity index is 1.14. The van der Waals surface area contributed by atoms with Crippen molar-refractivity contribution in [2.75, 3.05) is 43.4 Å². The van der Waals surface area contributed by atoms with E-state index >= 15 is 0 Å². The molecule has 8 nitrogen and oxygen atoms in total. The van der Waals surface area contributed by atoms with Crippen molar-refractivity contribution >= 4 is 23.0 Å². The summed E-state index contributed by atoms with van der Waals surface area (Å²) in [4.78, 5) is 26.7. The van der Waals surface area contributed by atoms with E-state index in [0.29, 0.717) is 44.5 Å². The molecule has 2 aliphatic rings. The number of rotatable bonds is 9. The van der Waals surface area contributed by atoms with Crippen molar-refractivity contribution in [2.24, 2.45) is 0 Å². The Kier molecular flexibility index (Phi) is 9.85. The maximum atomic E-state index is 13.3. The third kappa shape index (κ3) is 8.49. The van der Waals surface area contributed by atoms with Gasteiger partial charge in [-0.05, 0) is 75.0 Å². The highest BCUT2D eigenvalue weighted by Gasteiger charge is 2.38. The zero-order chi connectivity index (χ0) is 30.5. The smallest absolute Gasteiger partial charge is 0.382 e. The Morgan fingerprint density at radius 3 is 1.93 bits per heavy atom. The molecule has 230 valence electrons. The average Bonchev–Trinajstić information content (AvgIpc) is 2.93. The van der Waals surface area contributed by atoms with Crippen LogP contribution < -0.4 is 10.6 Å². The van der Waals surface area contributed by atoms with Crippen LogP contribution in [0.5, 0.6) is 0 Å². The second-order valence-corrected chi connectivity index (χ2v) is 10.7. The second-order valence-electron chi connectivity index (χ2n) is 10.7. The summed E-state index contributed by atoms with van der Waals surface area (Å²) in [5, 5.41) is 17.3. The van der Waals surface area contributed by atoms with Crippen LogP contribution >= 0.6 is 0 Å². The van der Waals surface area contributed by atoms with Gasteiger partial charge in [0.1, 0.15) is 5.56 Å². The molecule has 2 fully saturated rings. The highest BCUT2D eigenvalue weighted by Crippen LogP contribution is 2.38. The van der Waals surface area contributed by atoms with E-state index < -0.39 is 34.1 Å². The van der Waals surface area contributed by atoms with Crippen LogP contribution in [-0.2, 0) is 17.1 Å². The molecule has 42 heavy (non-hydrogen) atoms. The summed E-state index contributed by atoms with van der Waals surface area (Å²) in [5.41, 5.74) is -2.16. The number of carbonyl (C=O) groups is 1. The first kappa shape index (κ1) is 31.4. The predicted molar refractivity (Wildman–Crippen MR) is 145 cm³/mol. The van der Waals surface area contributed by atoms with E-state index in [4.69, 9.17) is 0 Å². The molecule has 0 atom stereocenters. The molecule has 0 aliphatic carbocycles. The Bertz CT molecular complexity index is 1220. The van der Waals surface area contributed by atoms with E-state index in [1.807, 2.05) is 0 Å². The van der Waals surface area contributed by atoms with Gasteiger partial charge in [-0.1, -0.05) is 0 Å². The fraction of sp³-hybridized carbons (Fsp3) is 0.536. The number of piperidine rings is 2. The lowest BCUT2D eigenvalue weighted by atomic mass is 10.0. The van der Waals surface area contributed by atoms with Crippen molar-refractivity contribution in [3.63, 3.8) is 0 Å². The lowest BCUT2D eigenvalue weighted by Gasteiger charge is -2.34. The third-order valence-corrected chi connectivity index (χ3v) is 7.75. The Morgan fingerprint density at radius 2 is 1.38 bits per heavy atom. The monoisotopic (exact) mass is 601 g/mol. The van der Waals surface area contributed by atoms with Crippen molar-refractivity contribution in [2.45, 2.75) is 63.0 Å². The number of benzene rings is 2. The van der Waals surface area contributed by atoms with Gasteiger partial charge in [0, 0.05) is 62.1 Å². The van der Waals surface area contributed by atoms with Crippen LogP contribution in [0.3, 0.4) is 0 Å². The van der Waals surface area contributed by atoms with Gasteiger partial charge < -0.3 is 20.4 Å². The van der Waals surface area contributed by atoms with Gasteiger partial charge in [-0.3, -0.25) is 14.9 Å². The zero-order valence-electron chi connectivity index (χ0n) is 22.8. The lowest BCUT2D eigenvalue weighted by Crippen LogP contribution is -2.43. The molecule has 2 heterocycles. The summed E-state index contributed by atoms with van der Waals surface area (Å²) >= 11 is 0. The van der Waals surface area contributed by atoms with Crippen LogP contribution in [0.2, 0.25) is 0 Å². The number of nitrogens with one attached hydrogen (secondary N) is 2. The molecule has 0 bridgehead atoms. The van der Waals surface area contributed by atoms with Gasteiger partial charge in [0.05, 0.1) is 10.5 Å². The van der Waals surface area contributed by atoms with Crippen LogP contribution in [0.15, 0.2) is 42.5 Å². The SMILES string of the molecule is O=C(CCCN1CCC(Nc2ccc(C(F)(F)F)cc2)CC1)N1CCC(Nc2ccc([N+](=O)[O-])c(C(F)(F)F)c2)CC1. The summed E-state index contributed by atoms with van der Waals surface area (Å²) in [6.45, 7) is 3.34. The predicted octanol–water partition coefficient (Wildman–Crippen LogP) is 6.39. The van der Waals surface area contributed by atoms with Crippen molar-refractivity contribution in [1.29, 1.82) is 0 Å². The fourth-order valence-corrected chi connectivity index (χ4v) is 5.43. The number of carbonyl (C=O) groups excluding carboxylic acids is 1. The highest BCUT2D eigenvalue weighted by atomic mass is 19.4. The Hall–Kier alpha value is -3.55. The van der Waals surface area contributed by atoms with Gasteiger partial charge >= 0.3 is 12.4 Å². The number of nitro benzene ring substituents is 1. The molecular weight excluding hydrogens is 568 g/mol. The number of alkyl halides is 6. The van der Waals surface area contributed by atoms with Crippen LogP contribution in [0.25, 0.3) is 0 Å². The molecule has 0 radical (unpaired) electrons. The fourth-order valence-electron chi connectivity index (χ4n) is 5.43. The quantitative estimate of drug-likeness (QED) is 0.197. The van der Waals surface area contributed by atoms with Gasteiger partial charge in [0.25, 0.3) is 5.69 Å². The molecule has 1 amide bonds. The molecule has 2 saturated heterocycles. The Morgan fingerprint density at radius 1 is 0.833 bits per heavy atom. The van der Waals surface area contributed by atoms with E-state index in [-0.39, 0.29) is 23.7 Å². The second kappa shape index (κ2) is 13.2. The van der Waals surface area contributed by atoms with E-state index in [1.165, 1.54) is 18.2 Å². The van der Waals surface area contributed by atoms with Crippen LogP contribution in [0.4, 0.5) is 43.4 Å². The zero-order valence-corrected chi connectivity index (χ0v) is 22.8. The minimum Gasteiger partial charge on any atom is -0.382 e. The van der Waals surface area contributed by atoms with E-state index in [0.717, 1.165) is 56.7 Å². The highest BCUT2D eigenvalue weighted by molar-refractivity contribution is 5.76. The molecule has 0 aromatic heterocycles. The molecule has 2 aliphatic heterocycles. The standard InChI is InChI=1S/C28H33F6N5O3/c29-27(30,31)19-3-5-20(6-4-19)35-21-9-14-37(15-10-21)13-1-2-26(40)38-16-11-22(12-17-38)36-23-7-8-25(39(41)42)24(18-23)28(32,33)34/h3-8,18,21-22,35-36H,1-2,9-17H2. The summed E-state index contributed by atoms with van der Waals surface area (Å²) in [6.07, 6.45) is -5.35. The first-order valence-corrected chi connectivity index (χ1v) is 13.9. The van der Waals surface area contributed by atoms with Gasteiger partial charge in [0.2, 0.25) is 5.91 Å². The average molecular weight is 602 g/mol. The summed E-state index contributed by atoms with van der Waals surface area (Å²) < 4.78 is 78.0. The molecule has 2 N–H and O–H groups in total. The number of likely N-dealkylation sites (tertiary alicyclic amines) is 2. The third-order valence-electron chi connectivity index (χ3n) is 7.75. The van der Waals surface area contributed by atoms with E-state index in [1.54, 1.807) is 4.90 Å². The number of amides is 1. The molecule has 14 heteroatoms. The number of nitrogens with zero attached hydrogens (tertiary/aromatic N) is 3. The Labute approximate surface area is 239 Å². The molecular formula is C28H33F6N5O3. The lowest BCUT2D eigenvalue weighted by molar-refractivity contribution is -0.388. The molecule has 2 aromatic carbocycles. The topological polar surface area (TPSA) is 90.8 Å². The molecule has 0 saturated carbocycles. The van der Waals surface area contributed by atoms with Crippen molar-refractivity contribution in [3.05, 3.63) is 63.7 Å². The summed E-state index contributed by atoms with van der Waals surface area (Å²) in [7, 11) is 0. The first-order valence-electron chi connectivity index (χ1n) is 13.9. The molecule has 0 spiro atoms. The van der Waals surface area contributed by atoms with Crippen molar-refractivity contribution in [1.82, 2.24) is 9.80 Å². The normalized spacial score (nSPS) is 17.7. The van der Waals surface area contributed by atoms with E-state index in [9.17, 15) is 41.3 Å². The maximum absolute atomic E-state index is 13.3. The minimum absolute atomic E-state index is 0.0296. The number of hydrogen-bond donors (Lipinski definition) is 2. The maximum Gasteiger partial charge on any atom is 0.423 e. The molecule has 2 aromatic rings. The number of hydrogen-bond acceptors (Lipinski definition) is 6. The van der Waals surface area contributed by atoms with Crippen LogP contribution in [0, 0.1) is 10.1 Å². The van der Waals surface area contributed by atoms with Gasteiger partial charge in [-0.2, -0.15) is 26.3 Å². The largest absolute Gasteiger partial charge is 0.423 e. The van der Waals surface area contributed by atoms with Gasteiger partial charge in [0.15, 0.2) is 0 Å². The van der Waals surface area contributed by atoms with Gasteiger partial charge in [-0.15, -0.1) is 0 Å². The van der Waals surface area contributed by atoms with E-state index in [2.05, 4.69) is 15.5 Å². The number of anilines is 2. The molecule has 0 unspecified atom stereocenters.